The number of methoxy groups -OCH3 is 1. The Labute approximate surface area is 149 Å². The Balaban J connectivity index is 1.72. The minimum atomic E-state index is -0.125. The van der Waals surface area contributed by atoms with Gasteiger partial charge in [0, 0.05) is 37.5 Å². The molecule has 1 aromatic carbocycles. The van der Waals surface area contributed by atoms with Crippen molar-refractivity contribution in [1.82, 2.24) is 15.2 Å². The second kappa shape index (κ2) is 8.41. The van der Waals surface area contributed by atoms with Gasteiger partial charge in [-0.1, -0.05) is 24.3 Å². The lowest BCUT2D eigenvalue weighted by Gasteiger charge is -2.40. The van der Waals surface area contributed by atoms with E-state index in [1.807, 2.05) is 12.1 Å². The van der Waals surface area contributed by atoms with Crippen molar-refractivity contribution >= 4 is 16.9 Å². The van der Waals surface area contributed by atoms with E-state index in [1.165, 1.54) is 12.5 Å². The molecule has 0 amide bonds. The normalized spacial score (nSPS) is 19.7. The summed E-state index contributed by atoms with van der Waals surface area (Å²) in [6, 6.07) is 13.2. The fraction of sp³-hybridized carbons (Fsp3) is 0.500. The maximum absolute atomic E-state index is 11.3. The number of benzene rings is 1. The van der Waals surface area contributed by atoms with Gasteiger partial charge in [0.1, 0.15) is 0 Å². The van der Waals surface area contributed by atoms with Crippen molar-refractivity contribution in [1.29, 1.82) is 0 Å². The van der Waals surface area contributed by atoms with E-state index in [-0.39, 0.29) is 12.0 Å². The monoisotopic (exact) mass is 341 g/mol. The number of aromatic nitrogens is 1. The summed E-state index contributed by atoms with van der Waals surface area (Å²) in [4.78, 5) is 18.7. The Morgan fingerprint density at radius 2 is 2.20 bits per heavy atom. The Morgan fingerprint density at radius 1 is 1.36 bits per heavy atom. The second-order valence-electron chi connectivity index (χ2n) is 6.70. The molecule has 2 atom stereocenters. The smallest absolute Gasteiger partial charge is 0.305 e. The predicted molar refractivity (Wildman–Crippen MR) is 99.4 cm³/mol. The van der Waals surface area contributed by atoms with Crippen LogP contribution in [0.2, 0.25) is 0 Å². The summed E-state index contributed by atoms with van der Waals surface area (Å²) in [7, 11) is 1.45. The van der Waals surface area contributed by atoms with Crippen LogP contribution in [0.4, 0.5) is 0 Å². The highest BCUT2D eigenvalue weighted by molar-refractivity contribution is 5.78. The number of hydrogen-bond donors (Lipinski definition) is 1. The molecule has 2 aromatic rings. The summed E-state index contributed by atoms with van der Waals surface area (Å²) in [5.41, 5.74) is 2.16. The van der Waals surface area contributed by atoms with Gasteiger partial charge in [0.05, 0.1) is 24.4 Å². The highest BCUT2D eigenvalue weighted by atomic mass is 16.5. The average Bonchev–Trinajstić information content (AvgIpc) is 2.67. The molecule has 0 spiro atoms. The molecular weight excluding hydrogens is 314 g/mol. The van der Waals surface area contributed by atoms with Gasteiger partial charge in [-0.25, -0.2) is 0 Å². The largest absolute Gasteiger partial charge is 0.469 e. The van der Waals surface area contributed by atoms with Gasteiger partial charge in [0.25, 0.3) is 0 Å². The molecule has 1 aliphatic rings. The van der Waals surface area contributed by atoms with Crippen molar-refractivity contribution < 1.29 is 9.53 Å². The van der Waals surface area contributed by atoms with Crippen LogP contribution in [0.3, 0.4) is 0 Å². The first kappa shape index (κ1) is 17.8. The zero-order chi connectivity index (χ0) is 17.6. The van der Waals surface area contributed by atoms with Crippen LogP contribution in [0.5, 0.6) is 0 Å². The number of piperazine rings is 1. The number of hydrogen-bond acceptors (Lipinski definition) is 5. The molecule has 2 unspecified atom stereocenters. The molecule has 0 aliphatic carbocycles. The van der Waals surface area contributed by atoms with Crippen molar-refractivity contribution in [3.63, 3.8) is 0 Å². The topological polar surface area (TPSA) is 54.5 Å². The zero-order valence-corrected chi connectivity index (χ0v) is 15.1. The fourth-order valence-corrected chi connectivity index (χ4v) is 3.60. The predicted octanol–water partition coefficient (Wildman–Crippen LogP) is 2.91. The Hall–Kier alpha value is -1.98. The van der Waals surface area contributed by atoms with Crippen molar-refractivity contribution in [2.75, 3.05) is 26.7 Å². The summed E-state index contributed by atoms with van der Waals surface area (Å²) in [6.07, 6.45) is 2.33. The van der Waals surface area contributed by atoms with Crippen LogP contribution >= 0.6 is 0 Å². The Morgan fingerprint density at radius 3 is 3.04 bits per heavy atom. The van der Waals surface area contributed by atoms with Crippen LogP contribution < -0.4 is 5.32 Å². The third-order valence-corrected chi connectivity index (χ3v) is 5.04. The summed E-state index contributed by atoms with van der Waals surface area (Å²) in [6.45, 7) is 5.15. The third-order valence-electron chi connectivity index (χ3n) is 5.04. The summed E-state index contributed by atoms with van der Waals surface area (Å²) < 4.78 is 4.74. The number of pyridine rings is 1. The van der Waals surface area contributed by atoms with Crippen molar-refractivity contribution in [2.24, 2.45) is 0 Å². The number of esters is 1. The number of ether oxygens (including phenoxy) is 1. The van der Waals surface area contributed by atoms with E-state index in [9.17, 15) is 4.79 Å². The van der Waals surface area contributed by atoms with E-state index < -0.39 is 0 Å². The lowest BCUT2D eigenvalue weighted by molar-refractivity contribution is -0.140. The Bertz CT molecular complexity index is 719. The van der Waals surface area contributed by atoms with E-state index in [0.29, 0.717) is 12.5 Å². The first-order valence-corrected chi connectivity index (χ1v) is 9.08. The number of fused-ring (bicyclic) bond motifs is 1. The van der Waals surface area contributed by atoms with E-state index in [4.69, 9.17) is 9.72 Å². The first-order chi connectivity index (χ1) is 12.2. The van der Waals surface area contributed by atoms with Gasteiger partial charge in [-0.05, 0) is 31.9 Å². The third kappa shape index (κ3) is 4.35. The van der Waals surface area contributed by atoms with Gasteiger partial charge in [0.2, 0.25) is 0 Å². The highest BCUT2D eigenvalue weighted by Gasteiger charge is 2.28. The Kier molecular flexibility index (Phi) is 6.00. The number of para-hydroxylation sites is 1. The molecule has 5 heteroatoms. The first-order valence-electron chi connectivity index (χ1n) is 9.08. The van der Waals surface area contributed by atoms with E-state index in [1.54, 1.807) is 0 Å². The zero-order valence-electron chi connectivity index (χ0n) is 15.1. The van der Waals surface area contributed by atoms with Crippen LogP contribution in [0.1, 0.15) is 37.9 Å². The molecule has 5 nitrogen and oxygen atoms in total. The van der Waals surface area contributed by atoms with Gasteiger partial charge >= 0.3 is 5.97 Å². The maximum atomic E-state index is 11.3. The number of rotatable bonds is 6. The number of carbonyl (C=O) groups excluding carboxylic acids is 1. The molecule has 3 rings (SSSR count). The van der Waals surface area contributed by atoms with E-state index in [2.05, 4.69) is 41.4 Å². The minimum absolute atomic E-state index is 0.125. The summed E-state index contributed by atoms with van der Waals surface area (Å²) >= 11 is 0. The SMILES string of the molecule is COC(=O)CCCC(C)N1CCNCC1c1ccc2ccccc2n1. The average molecular weight is 341 g/mol. The van der Waals surface area contributed by atoms with E-state index >= 15 is 0 Å². The molecule has 1 aromatic heterocycles. The van der Waals surface area contributed by atoms with Crippen molar-refractivity contribution in [3.05, 3.63) is 42.1 Å². The molecule has 1 N–H and O–H groups in total. The molecule has 2 heterocycles. The standard InChI is InChI=1S/C20H27N3O2/c1-15(6-5-9-20(24)25-2)23-13-12-21-14-19(23)18-11-10-16-7-3-4-8-17(16)22-18/h3-4,7-8,10-11,15,19,21H,5-6,9,12-14H2,1-2H3. The quantitative estimate of drug-likeness (QED) is 0.819. The van der Waals surface area contributed by atoms with Gasteiger partial charge in [-0.3, -0.25) is 14.7 Å². The molecule has 0 saturated carbocycles. The molecule has 1 fully saturated rings. The van der Waals surface area contributed by atoms with Gasteiger partial charge < -0.3 is 10.1 Å². The van der Waals surface area contributed by atoms with Gasteiger partial charge in [0.15, 0.2) is 0 Å². The van der Waals surface area contributed by atoms with Crippen LogP contribution in [-0.2, 0) is 9.53 Å². The maximum Gasteiger partial charge on any atom is 0.305 e. The molecule has 0 radical (unpaired) electrons. The molecule has 1 saturated heterocycles. The van der Waals surface area contributed by atoms with Crippen LogP contribution in [-0.4, -0.2) is 48.6 Å². The lowest BCUT2D eigenvalue weighted by atomic mass is 10.0. The fourth-order valence-electron chi connectivity index (χ4n) is 3.60. The molecule has 25 heavy (non-hydrogen) atoms. The molecule has 134 valence electrons. The second-order valence-corrected chi connectivity index (χ2v) is 6.70. The van der Waals surface area contributed by atoms with Gasteiger partial charge in [-0.15, -0.1) is 0 Å². The number of carbonyl (C=O) groups is 1. The molecular formula is C20H27N3O2. The summed E-state index contributed by atoms with van der Waals surface area (Å²) in [5, 5.41) is 4.67. The molecule has 1 aliphatic heterocycles. The van der Waals surface area contributed by atoms with Crippen molar-refractivity contribution in [3.8, 4) is 0 Å². The van der Waals surface area contributed by atoms with Crippen LogP contribution in [0, 0.1) is 0 Å². The summed E-state index contributed by atoms with van der Waals surface area (Å²) in [5.74, 6) is -0.125. The molecule has 0 bridgehead atoms. The van der Waals surface area contributed by atoms with E-state index in [0.717, 1.165) is 43.7 Å². The van der Waals surface area contributed by atoms with Crippen LogP contribution in [0.25, 0.3) is 10.9 Å². The number of nitrogens with zero attached hydrogens (tertiary/aromatic N) is 2. The van der Waals surface area contributed by atoms with Crippen molar-refractivity contribution in [2.45, 2.75) is 38.3 Å². The minimum Gasteiger partial charge on any atom is -0.469 e. The highest BCUT2D eigenvalue weighted by Crippen LogP contribution is 2.26. The van der Waals surface area contributed by atoms with Gasteiger partial charge in [-0.2, -0.15) is 0 Å². The number of nitrogens with one attached hydrogen (secondary N) is 1. The van der Waals surface area contributed by atoms with Crippen LogP contribution in [0.15, 0.2) is 36.4 Å². The lowest BCUT2D eigenvalue weighted by Crippen LogP contribution is -2.49.